The molecular formula is C20H32ClN3O2. The largest absolute Gasteiger partial charge is 0.338 e. The van der Waals surface area contributed by atoms with Gasteiger partial charge in [0, 0.05) is 32.7 Å². The van der Waals surface area contributed by atoms with E-state index in [0.29, 0.717) is 5.91 Å². The highest BCUT2D eigenvalue weighted by molar-refractivity contribution is 5.91. The summed E-state index contributed by atoms with van der Waals surface area (Å²) < 4.78 is 0. The maximum absolute atomic E-state index is 13.6. The molecule has 0 aromatic heterocycles. The second-order valence-corrected chi connectivity index (χ2v) is 9.43. The normalized spacial score (nSPS) is 41.2. The third kappa shape index (κ3) is 2.95. The fraction of sp³-hybridized carbons (Fsp3) is 0.900. The number of piperazine rings is 1. The van der Waals surface area contributed by atoms with Gasteiger partial charge in [-0.25, -0.2) is 0 Å². The summed E-state index contributed by atoms with van der Waals surface area (Å²) >= 11 is 0. The number of hydrogen-bond donors (Lipinski definition) is 1. The molecule has 4 aliphatic carbocycles. The summed E-state index contributed by atoms with van der Waals surface area (Å²) in [5.41, 5.74) is -0.110. The third-order valence-corrected chi connectivity index (χ3v) is 7.72. The van der Waals surface area contributed by atoms with E-state index < -0.39 is 0 Å². The maximum Gasteiger partial charge on any atom is 0.245 e. The van der Waals surface area contributed by atoms with Gasteiger partial charge in [0.15, 0.2) is 0 Å². The molecule has 26 heavy (non-hydrogen) atoms. The van der Waals surface area contributed by atoms with Crippen LogP contribution in [-0.2, 0) is 9.59 Å². The Labute approximate surface area is 162 Å². The first-order valence-electron chi connectivity index (χ1n) is 10.5. The zero-order chi connectivity index (χ0) is 17.0. The molecule has 6 rings (SSSR count). The van der Waals surface area contributed by atoms with Gasteiger partial charge in [0.05, 0.1) is 5.41 Å². The minimum atomic E-state index is -0.182. The lowest BCUT2D eigenvalue weighted by Crippen LogP contribution is -2.58. The zero-order valence-corrected chi connectivity index (χ0v) is 16.4. The van der Waals surface area contributed by atoms with Gasteiger partial charge in [0.2, 0.25) is 11.8 Å². The Bertz CT molecular complexity index is 540. The number of nitrogens with one attached hydrogen (secondary N) is 1. The van der Waals surface area contributed by atoms with Gasteiger partial charge in [0.25, 0.3) is 0 Å². The van der Waals surface area contributed by atoms with Crippen LogP contribution in [0.3, 0.4) is 0 Å². The molecule has 6 heteroatoms. The molecule has 4 saturated carbocycles. The summed E-state index contributed by atoms with van der Waals surface area (Å²) in [7, 11) is 0. The minimum Gasteiger partial charge on any atom is -0.338 e. The van der Waals surface area contributed by atoms with Crippen molar-refractivity contribution in [3.63, 3.8) is 0 Å². The summed E-state index contributed by atoms with van der Waals surface area (Å²) in [6.07, 6.45) is 9.22. The van der Waals surface area contributed by atoms with Crippen LogP contribution >= 0.6 is 12.4 Å². The van der Waals surface area contributed by atoms with Crippen LogP contribution in [0.2, 0.25) is 0 Å². The summed E-state index contributed by atoms with van der Waals surface area (Å²) in [5, 5.41) is 3.31. The van der Waals surface area contributed by atoms with Crippen LogP contribution in [0.1, 0.15) is 51.4 Å². The standard InChI is InChI=1S/C20H31N3O2.ClH/c24-18(22-6-3-21-4-7-22)17-2-1-5-23(17)19(25)20-11-14-8-15(12-20)10-16(9-14)13-20;/h14-17,21H,1-13H2;1H. The number of nitrogens with zero attached hydrogens (tertiary/aromatic N) is 2. The highest BCUT2D eigenvalue weighted by Gasteiger charge is 2.57. The number of hydrogen-bond acceptors (Lipinski definition) is 3. The highest BCUT2D eigenvalue weighted by atomic mass is 35.5. The van der Waals surface area contributed by atoms with Crippen molar-refractivity contribution in [2.75, 3.05) is 32.7 Å². The number of amides is 2. The van der Waals surface area contributed by atoms with Crippen LogP contribution in [-0.4, -0.2) is 60.4 Å². The summed E-state index contributed by atoms with van der Waals surface area (Å²) in [5.74, 6) is 2.88. The van der Waals surface area contributed by atoms with Crippen molar-refractivity contribution >= 4 is 24.2 Å². The number of carbonyl (C=O) groups excluding carboxylic acids is 2. The van der Waals surface area contributed by atoms with Crippen molar-refractivity contribution in [3.8, 4) is 0 Å². The molecule has 2 heterocycles. The van der Waals surface area contributed by atoms with E-state index in [4.69, 9.17) is 0 Å². The maximum atomic E-state index is 13.6. The summed E-state index contributed by atoms with van der Waals surface area (Å²) in [6.45, 7) is 4.12. The van der Waals surface area contributed by atoms with Crippen LogP contribution in [0.25, 0.3) is 0 Å². The number of likely N-dealkylation sites (tertiary alicyclic amines) is 1. The van der Waals surface area contributed by atoms with E-state index in [2.05, 4.69) is 5.32 Å². The first kappa shape index (κ1) is 18.5. The molecule has 6 fully saturated rings. The Kier molecular flexibility index (Phi) is 4.98. The topological polar surface area (TPSA) is 52.7 Å². The minimum absolute atomic E-state index is 0. The molecule has 0 radical (unpaired) electrons. The molecule has 146 valence electrons. The molecule has 1 atom stereocenters. The van der Waals surface area contributed by atoms with Gasteiger partial charge in [-0.15, -0.1) is 12.4 Å². The number of carbonyl (C=O) groups is 2. The van der Waals surface area contributed by atoms with Gasteiger partial charge < -0.3 is 15.1 Å². The Morgan fingerprint density at radius 1 is 0.885 bits per heavy atom. The van der Waals surface area contributed by atoms with Gasteiger partial charge in [0.1, 0.15) is 6.04 Å². The molecule has 2 amide bonds. The van der Waals surface area contributed by atoms with Crippen molar-refractivity contribution in [1.29, 1.82) is 0 Å². The van der Waals surface area contributed by atoms with Crippen molar-refractivity contribution in [2.24, 2.45) is 23.2 Å². The van der Waals surface area contributed by atoms with Crippen molar-refractivity contribution < 1.29 is 9.59 Å². The van der Waals surface area contributed by atoms with E-state index >= 15 is 0 Å². The van der Waals surface area contributed by atoms with E-state index in [0.717, 1.165) is 82.6 Å². The van der Waals surface area contributed by atoms with Crippen molar-refractivity contribution in [1.82, 2.24) is 15.1 Å². The quantitative estimate of drug-likeness (QED) is 0.796. The molecule has 6 aliphatic rings. The lowest BCUT2D eigenvalue weighted by Gasteiger charge is -2.56. The average molecular weight is 382 g/mol. The number of rotatable bonds is 2. The molecule has 5 nitrogen and oxygen atoms in total. The van der Waals surface area contributed by atoms with Crippen LogP contribution < -0.4 is 5.32 Å². The molecule has 0 aromatic rings. The van der Waals surface area contributed by atoms with Gasteiger partial charge in [-0.1, -0.05) is 0 Å². The van der Waals surface area contributed by atoms with Crippen molar-refractivity contribution in [3.05, 3.63) is 0 Å². The molecule has 1 N–H and O–H groups in total. The molecule has 1 unspecified atom stereocenters. The molecule has 4 bridgehead atoms. The Hall–Kier alpha value is -0.810. The van der Waals surface area contributed by atoms with E-state index in [1.807, 2.05) is 9.80 Å². The van der Waals surface area contributed by atoms with Gasteiger partial charge in [-0.2, -0.15) is 0 Å². The van der Waals surface area contributed by atoms with Gasteiger partial charge in [-0.3, -0.25) is 9.59 Å². The van der Waals surface area contributed by atoms with Crippen LogP contribution in [0, 0.1) is 23.2 Å². The Morgan fingerprint density at radius 3 is 2.04 bits per heavy atom. The molecule has 0 spiro atoms. The fourth-order valence-corrected chi connectivity index (χ4v) is 7.04. The van der Waals surface area contributed by atoms with E-state index in [-0.39, 0.29) is 29.8 Å². The molecule has 0 aromatic carbocycles. The van der Waals surface area contributed by atoms with Crippen LogP contribution in [0.15, 0.2) is 0 Å². The van der Waals surface area contributed by atoms with Gasteiger partial charge in [-0.05, 0) is 69.1 Å². The molecule has 2 saturated heterocycles. The molecular weight excluding hydrogens is 350 g/mol. The van der Waals surface area contributed by atoms with Gasteiger partial charge >= 0.3 is 0 Å². The monoisotopic (exact) mass is 381 g/mol. The van der Waals surface area contributed by atoms with E-state index in [9.17, 15) is 9.59 Å². The summed E-state index contributed by atoms with van der Waals surface area (Å²) in [4.78, 5) is 30.7. The van der Waals surface area contributed by atoms with E-state index in [1.165, 1.54) is 19.3 Å². The smallest absolute Gasteiger partial charge is 0.245 e. The van der Waals surface area contributed by atoms with Crippen LogP contribution in [0.4, 0.5) is 0 Å². The van der Waals surface area contributed by atoms with Crippen LogP contribution in [0.5, 0.6) is 0 Å². The molecule has 2 aliphatic heterocycles. The second-order valence-electron chi connectivity index (χ2n) is 9.43. The third-order valence-electron chi connectivity index (χ3n) is 7.72. The van der Waals surface area contributed by atoms with Crippen molar-refractivity contribution in [2.45, 2.75) is 57.4 Å². The second kappa shape index (κ2) is 6.97. The predicted molar refractivity (Wildman–Crippen MR) is 102 cm³/mol. The van der Waals surface area contributed by atoms with E-state index in [1.54, 1.807) is 0 Å². The fourth-order valence-electron chi connectivity index (χ4n) is 7.04. The SMILES string of the molecule is Cl.O=C(C1CCCN1C(=O)C12CC3CC(CC(C3)C1)C2)N1CCNCC1. The Balaban J connectivity index is 0.00000168. The first-order chi connectivity index (χ1) is 12.1. The zero-order valence-electron chi connectivity index (χ0n) is 15.6. The lowest BCUT2D eigenvalue weighted by molar-refractivity contribution is -0.162. The highest BCUT2D eigenvalue weighted by Crippen LogP contribution is 2.60. The predicted octanol–water partition coefficient (Wildman–Crippen LogP) is 2.05. The Morgan fingerprint density at radius 2 is 1.46 bits per heavy atom. The lowest BCUT2D eigenvalue weighted by atomic mass is 9.49. The summed E-state index contributed by atoms with van der Waals surface area (Å²) in [6, 6.07) is -0.182. The number of halogens is 1. The average Bonchev–Trinajstić information content (AvgIpc) is 3.09. The first-order valence-corrected chi connectivity index (χ1v) is 10.5.